The lowest BCUT2D eigenvalue weighted by atomic mass is 9.78. The van der Waals surface area contributed by atoms with Gasteiger partial charge in [-0.1, -0.05) is 25.0 Å². The van der Waals surface area contributed by atoms with Gasteiger partial charge in [-0.05, 0) is 55.8 Å². The quantitative estimate of drug-likeness (QED) is 0.570. The molecule has 1 aromatic carbocycles. The number of piperazine rings is 1. The van der Waals surface area contributed by atoms with Crippen molar-refractivity contribution in [1.82, 2.24) is 9.88 Å². The molecule has 6 nitrogen and oxygen atoms in total. The van der Waals surface area contributed by atoms with Gasteiger partial charge in [0.05, 0.1) is 18.2 Å². The monoisotopic (exact) mass is 458 g/mol. The van der Waals surface area contributed by atoms with Crippen molar-refractivity contribution in [3.63, 3.8) is 0 Å². The molecule has 1 saturated heterocycles. The average molecular weight is 459 g/mol. The fourth-order valence-electron chi connectivity index (χ4n) is 5.70. The summed E-state index contributed by atoms with van der Waals surface area (Å²) in [6.07, 6.45) is 9.61. The predicted molar refractivity (Wildman–Crippen MR) is 132 cm³/mol. The maximum Gasteiger partial charge on any atom is 0.171 e. The van der Waals surface area contributed by atoms with Gasteiger partial charge in [0.1, 0.15) is 0 Å². The van der Waals surface area contributed by atoms with Crippen LogP contribution in [0.3, 0.4) is 0 Å². The molecule has 0 amide bonds. The molecule has 0 N–H and O–H groups in total. The van der Waals surface area contributed by atoms with Gasteiger partial charge in [-0.15, -0.1) is 0 Å². The van der Waals surface area contributed by atoms with E-state index in [9.17, 15) is 4.79 Å². The van der Waals surface area contributed by atoms with Crippen LogP contribution in [0.5, 0.6) is 5.75 Å². The van der Waals surface area contributed by atoms with Gasteiger partial charge < -0.3 is 9.64 Å². The van der Waals surface area contributed by atoms with Crippen molar-refractivity contribution in [2.45, 2.75) is 44.9 Å². The van der Waals surface area contributed by atoms with Crippen LogP contribution in [0.15, 0.2) is 36.5 Å². The van der Waals surface area contributed by atoms with Crippen molar-refractivity contribution in [2.75, 3.05) is 44.2 Å². The van der Waals surface area contributed by atoms with Crippen molar-refractivity contribution >= 4 is 11.6 Å². The van der Waals surface area contributed by atoms with Crippen LogP contribution >= 0.6 is 0 Å². The topological polar surface area (TPSA) is 69.5 Å². The maximum absolute atomic E-state index is 12.6. The van der Waals surface area contributed by atoms with Crippen LogP contribution in [0.4, 0.5) is 5.82 Å². The Morgan fingerprint density at radius 2 is 1.76 bits per heavy atom. The number of benzene rings is 1. The number of aromatic nitrogens is 1. The Kier molecular flexibility index (Phi) is 7.10. The molecule has 1 aliphatic carbocycles. The highest BCUT2D eigenvalue weighted by atomic mass is 16.5. The summed E-state index contributed by atoms with van der Waals surface area (Å²) in [7, 11) is 0. The summed E-state index contributed by atoms with van der Waals surface area (Å²) >= 11 is 0. The van der Waals surface area contributed by atoms with Crippen molar-refractivity contribution in [1.29, 1.82) is 5.26 Å². The lowest BCUT2D eigenvalue weighted by Gasteiger charge is -2.37. The zero-order valence-electron chi connectivity index (χ0n) is 19.9. The number of rotatable bonds is 7. The molecular formula is C28H34N4O2. The summed E-state index contributed by atoms with van der Waals surface area (Å²) in [6, 6.07) is 11.2. The number of hydrogen-bond donors (Lipinski definition) is 0. The van der Waals surface area contributed by atoms with Gasteiger partial charge >= 0.3 is 0 Å². The Hall–Kier alpha value is -2.91. The number of hydrogen-bond acceptors (Lipinski definition) is 6. The Morgan fingerprint density at radius 1 is 1.03 bits per heavy atom. The molecule has 6 heteroatoms. The zero-order chi connectivity index (χ0) is 23.3. The Balaban J connectivity index is 1.02. The Morgan fingerprint density at radius 3 is 2.50 bits per heavy atom. The highest BCUT2D eigenvalue weighted by Gasteiger charge is 2.27. The first-order valence-corrected chi connectivity index (χ1v) is 12.8. The molecule has 3 aliphatic rings. The zero-order valence-corrected chi connectivity index (χ0v) is 19.9. The van der Waals surface area contributed by atoms with E-state index in [1.54, 1.807) is 24.3 Å². The van der Waals surface area contributed by atoms with Crippen LogP contribution in [0.25, 0.3) is 0 Å². The second kappa shape index (κ2) is 10.6. The molecule has 1 saturated carbocycles. The van der Waals surface area contributed by atoms with Gasteiger partial charge in [-0.25, -0.2) is 4.98 Å². The Labute approximate surface area is 202 Å². The highest BCUT2D eigenvalue weighted by molar-refractivity contribution is 5.96. The minimum atomic E-state index is 0.217. The molecule has 1 aromatic heterocycles. The van der Waals surface area contributed by atoms with Crippen LogP contribution in [0.1, 0.15) is 60.0 Å². The lowest BCUT2D eigenvalue weighted by molar-refractivity contribution is 0.0940. The van der Waals surface area contributed by atoms with Gasteiger partial charge in [-0.2, -0.15) is 5.26 Å². The molecule has 0 bridgehead atoms. The van der Waals surface area contributed by atoms with Crippen molar-refractivity contribution in [2.24, 2.45) is 11.8 Å². The molecule has 34 heavy (non-hydrogen) atoms. The first kappa shape index (κ1) is 22.9. The van der Waals surface area contributed by atoms with Crippen LogP contribution in [-0.2, 0) is 6.42 Å². The van der Waals surface area contributed by atoms with E-state index in [1.165, 1.54) is 31.4 Å². The number of pyridine rings is 1. The average Bonchev–Trinajstić information content (AvgIpc) is 3.38. The normalized spacial score (nSPS) is 22.6. The fraction of sp³-hybridized carbons (Fsp3) is 0.536. The van der Waals surface area contributed by atoms with E-state index in [0.29, 0.717) is 17.9 Å². The second-order valence-corrected chi connectivity index (χ2v) is 10.0. The van der Waals surface area contributed by atoms with E-state index in [4.69, 9.17) is 10.00 Å². The first-order chi connectivity index (χ1) is 16.7. The summed E-state index contributed by atoms with van der Waals surface area (Å²) in [5.41, 5.74) is 2.64. The molecule has 3 heterocycles. The third kappa shape index (κ3) is 5.26. The fourth-order valence-corrected chi connectivity index (χ4v) is 5.70. The summed E-state index contributed by atoms with van der Waals surface area (Å²) < 4.78 is 5.85. The molecule has 2 aliphatic heterocycles. The molecule has 0 spiro atoms. The lowest BCUT2D eigenvalue weighted by Crippen LogP contribution is -2.47. The van der Waals surface area contributed by atoms with Gasteiger partial charge in [0.2, 0.25) is 0 Å². The van der Waals surface area contributed by atoms with Crippen LogP contribution < -0.4 is 9.64 Å². The number of ketones is 1. The van der Waals surface area contributed by atoms with Gasteiger partial charge in [0, 0.05) is 56.3 Å². The summed E-state index contributed by atoms with van der Waals surface area (Å²) in [6.45, 7) is 6.14. The number of nitrogens with zero attached hydrogens (tertiary/aromatic N) is 4. The summed E-state index contributed by atoms with van der Waals surface area (Å²) in [4.78, 5) is 22.2. The SMILES string of the molecule is N#Cc1ccc(C(=O)CC2CCC(CCN3CCN(c4nccc5c4OCC5)CC3)CC2)cc1. The molecule has 178 valence electrons. The van der Waals surface area contributed by atoms with E-state index >= 15 is 0 Å². The van der Waals surface area contributed by atoms with E-state index in [0.717, 1.165) is 75.1 Å². The van der Waals surface area contributed by atoms with Crippen molar-refractivity contribution < 1.29 is 9.53 Å². The number of Topliss-reactive ketones (excluding diaryl/α,β-unsaturated/α-hetero) is 1. The third-order valence-electron chi connectivity index (χ3n) is 7.89. The van der Waals surface area contributed by atoms with Crippen LogP contribution in [0.2, 0.25) is 0 Å². The van der Waals surface area contributed by atoms with E-state index in [1.807, 2.05) is 6.20 Å². The number of ether oxygens (including phenoxy) is 1. The minimum absolute atomic E-state index is 0.217. The number of carbonyl (C=O) groups is 1. The highest BCUT2D eigenvalue weighted by Crippen LogP contribution is 2.35. The molecule has 0 radical (unpaired) electrons. The standard InChI is InChI=1S/C28H34N4O2/c29-20-23-5-7-24(8-6-23)26(33)19-22-3-1-21(2-4-22)10-13-31-14-16-32(17-15-31)28-27-25(9-12-30-28)11-18-34-27/h5-9,12,21-22H,1-4,10-11,13-19H2. The molecule has 2 fully saturated rings. The number of anilines is 1. The summed E-state index contributed by atoms with van der Waals surface area (Å²) in [5, 5.41) is 8.92. The Bertz CT molecular complexity index is 1030. The van der Waals surface area contributed by atoms with Crippen molar-refractivity contribution in [3.05, 3.63) is 53.2 Å². The smallest absolute Gasteiger partial charge is 0.171 e. The molecular weight excluding hydrogens is 424 g/mol. The van der Waals surface area contributed by atoms with Gasteiger partial charge in [-0.3, -0.25) is 9.69 Å². The van der Waals surface area contributed by atoms with Crippen molar-refractivity contribution in [3.8, 4) is 11.8 Å². The molecule has 0 atom stereocenters. The molecule has 2 aromatic rings. The summed E-state index contributed by atoms with van der Waals surface area (Å²) in [5.74, 6) is 3.54. The largest absolute Gasteiger partial charge is 0.489 e. The minimum Gasteiger partial charge on any atom is -0.489 e. The molecule has 5 rings (SSSR count). The van der Waals surface area contributed by atoms with Gasteiger partial charge in [0.25, 0.3) is 0 Å². The maximum atomic E-state index is 12.6. The first-order valence-electron chi connectivity index (χ1n) is 12.8. The van der Waals surface area contributed by atoms with Gasteiger partial charge in [0.15, 0.2) is 17.4 Å². The van der Waals surface area contributed by atoms with Crippen LogP contribution in [0, 0.1) is 23.2 Å². The molecule has 0 unspecified atom stereocenters. The van der Waals surface area contributed by atoms with Crippen LogP contribution in [-0.4, -0.2) is 55.0 Å². The van der Waals surface area contributed by atoms with E-state index in [-0.39, 0.29) is 5.78 Å². The predicted octanol–water partition coefficient (Wildman–Crippen LogP) is 4.48. The van der Waals surface area contributed by atoms with E-state index in [2.05, 4.69) is 26.9 Å². The third-order valence-corrected chi connectivity index (χ3v) is 7.89. The number of fused-ring (bicyclic) bond motifs is 1. The second-order valence-electron chi connectivity index (χ2n) is 10.0. The number of nitriles is 1. The van der Waals surface area contributed by atoms with E-state index < -0.39 is 0 Å². The number of carbonyl (C=O) groups excluding carboxylic acids is 1.